The molecule has 0 aliphatic heterocycles. The van der Waals surface area contributed by atoms with Crippen LogP contribution >= 0.6 is 21.6 Å². The summed E-state index contributed by atoms with van der Waals surface area (Å²) in [6.45, 7) is 2.96. The molecular weight excluding hydrogens is 342 g/mol. The molecule has 0 amide bonds. The Balaban J connectivity index is 2.01. The average Bonchev–Trinajstić information content (AvgIpc) is 2.62. The summed E-state index contributed by atoms with van der Waals surface area (Å²) in [6, 6.07) is 19.8. The van der Waals surface area contributed by atoms with E-state index in [4.69, 9.17) is 0 Å². The summed E-state index contributed by atoms with van der Waals surface area (Å²) in [5, 5.41) is 0. The van der Waals surface area contributed by atoms with Crippen LogP contribution in [-0.4, -0.2) is 22.8 Å². The molecule has 0 saturated carbocycles. The van der Waals surface area contributed by atoms with E-state index in [-0.39, 0.29) is 0 Å². The zero-order valence-corrected chi connectivity index (χ0v) is 15.8. The SMILES string of the molecule is CC(CF)(Cc1ccccc1)SSC(C)(CF)Cc1ccccc1. The Morgan fingerprint density at radius 2 is 1.00 bits per heavy atom. The van der Waals surface area contributed by atoms with Crippen LogP contribution in [0, 0.1) is 0 Å². The second kappa shape index (κ2) is 8.91. The maximum Gasteiger partial charge on any atom is 0.105 e. The van der Waals surface area contributed by atoms with Crippen LogP contribution < -0.4 is 0 Å². The topological polar surface area (TPSA) is 0 Å². The number of halogens is 2. The van der Waals surface area contributed by atoms with Crippen LogP contribution in [0.15, 0.2) is 60.7 Å². The van der Waals surface area contributed by atoms with E-state index >= 15 is 0 Å². The molecule has 0 spiro atoms. The van der Waals surface area contributed by atoms with Crippen LogP contribution in [0.4, 0.5) is 8.78 Å². The molecule has 24 heavy (non-hydrogen) atoms. The number of benzene rings is 2. The van der Waals surface area contributed by atoms with Gasteiger partial charge in [-0.15, -0.1) is 0 Å². The van der Waals surface area contributed by atoms with Gasteiger partial charge in [0.2, 0.25) is 0 Å². The maximum absolute atomic E-state index is 13.7. The first-order valence-corrected chi connectivity index (χ1v) is 10.2. The Labute approximate surface area is 151 Å². The molecule has 0 nitrogen and oxygen atoms in total. The van der Waals surface area contributed by atoms with Gasteiger partial charge in [-0.2, -0.15) is 0 Å². The van der Waals surface area contributed by atoms with Gasteiger partial charge in [-0.05, 0) is 37.8 Å². The van der Waals surface area contributed by atoms with Crippen molar-refractivity contribution in [1.82, 2.24) is 0 Å². The molecule has 2 aromatic carbocycles. The lowest BCUT2D eigenvalue weighted by Gasteiger charge is -2.31. The summed E-state index contributed by atoms with van der Waals surface area (Å²) in [5.74, 6) is 0. The monoisotopic (exact) mass is 366 g/mol. The molecule has 2 atom stereocenters. The lowest BCUT2D eigenvalue weighted by Crippen LogP contribution is -2.30. The fourth-order valence-electron chi connectivity index (χ4n) is 2.45. The van der Waals surface area contributed by atoms with Gasteiger partial charge in [0, 0.05) is 0 Å². The third-order valence-corrected chi connectivity index (χ3v) is 7.91. The predicted octanol–water partition coefficient (Wildman–Crippen LogP) is 6.31. The minimum atomic E-state index is -0.556. The molecule has 0 aromatic heterocycles. The first kappa shape index (κ1) is 19.3. The maximum atomic E-state index is 13.7. The molecule has 0 aliphatic carbocycles. The third kappa shape index (κ3) is 5.82. The third-order valence-electron chi connectivity index (χ3n) is 3.85. The van der Waals surface area contributed by atoms with Gasteiger partial charge in [-0.1, -0.05) is 82.3 Å². The first-order valence-electron chi connectivity index (χ1n) is 8.05. The molecule has 0 aliphatic rings. The highest BCUT2D eigenvalue weighted by atomic mass is 33.1. The lowest BCUT2D eigenvalue weighted by atomic mass is 10.0. The highest BCUT2D eigenvalue weighted by Crippen LogP contribution is 2.47. The van der Waals surface area contributed by atoms with E-state index in [9.17, 15) is 8.78 Å². The number of rotatable bonds is 9. The number of alkyl halides is 2. The predicted molar refractivity (Wildman–Crippen MR) is 104 cm³/mol. The fourth-order valence-corrected chi connectivity index (χ4v) is 5.23. The van der Waals surface area contributed by atoms with Crippen molar-refractivity contribution in [3.8, 4) is 0 Å². The van der Waals surface area contributed by atoms with E-state index in [0.717, 1.165) is 11.1 Å². The standard InChI is InChI=1S/C20H24F2S2/c1-19(15-21,13-17-9-5-3-6-10-17)23-24-20(2,16-22)14-18-11-7-4-8-12-18/h3-12H,13-16H2,1-2H3. The Kier molecular flexibility index (Phi) is 7.17. The van der Waals surface area contributed by atoms with Gasteiger partial charge in [-0.25, -0.2) is 8.78 Å². The van der Waals surface area contributed by atoms with Crippen molar-refractivity contribution in [2.24, 2.45) is 0 Å². The smallest absolute Gasteiger partial charge is 0.105 e. The largest absolute Gasteiger partial charge is 0.250 e. The normalized spacial score (nSPS) is 16.3. The van der Waals surface area contributed by atoms with Gasteiger partial charge in [-0.3, -0.25) is 0 Å². The summed E-state index contributed by atoms with van der Waals surface area (Å²) < 4.78 is 26.3. The molecule has 0 bridgehead atoms. The van der Waals surface area contributed by atoms with Crippen LogP contribution in [0.1, 0.15) is 25.0 Å². The van der Waals surface area contributed by atoms with E-state index in [2.05, 4.69) is 0 Å². The molecule has 4 heteroatoms. The average molecular weight is 367 g/mol. The Bertz CT molecular complexity index is 550. The Morgan fingerprint density at radius 1 is 0.667 bits per heavy atom. The van der Waals surface area contributed by atoms with Crippen molar-refractivity contribution in [1.29, 1.82) is 0 Å². The Hall–Kier alpha value is -1.00. The van der Waals surface area contributed by atoms with Crippen LogP contribution in [0.5, 0.6) is 0 Å². The summed E-state index contributed by atoms with van der Waals surface area (Å²) in [4.78, 5) is 0. The van der Waals surface area contributed by atoms with Gasteiger partial charge in [0.05, 0.1) is 9.49 Å². The van der Waals surface area contributed by atoms with Crippen molar-refractivity contribution in [3.05, 3.63) is 71.8 Å². The van der Waals surface area contributed by atoms with Crippen molar-refractivity contribution in [2.45, 2.75) is 36.2 Å². The van der Waals surface area contributed by atoms with Gasteiger partial charge in [0.25, 0.3) is 0 Å². The van der Waals surface area contributed by atoms with Crippen molar-refractivity contribution in [3.63, 3.8) is 0 Å². The molecule has 0 N–H and O–H groups in total. The van der Waals surface area contributed by atoms with E-state index < -0.39 is 22.8 Å². The highest BCUT2D eigenvalue weighted by Gasteiger charge is 2.33. The van der Waals surface area contributed by atoms with E-state index in [0.29, 0.717) is 12.8 Å². The van der Waals surface area contributed by atoms with Crippen LogP contribution in [-0.2, 0) is 12.8 Å². The zero-order chi connectivity index (χ0) is 17.5. The van der Waals surface area contributed by atoms with Crippen molar-refractivity contribution < 1.29 is 8.78 Å². The second-order valence-corrected chi connectivity index (χ2v) is 9.96. The molecule has 2 unspecified atom stereocenters. The van der Waals surface area contributed by atoms with Gasteiger partial charge < -0.3 is 0 Å². The van der Waals surface area contributed by atoms with Crippen LogP contribution in [0.2, 0.25) is 0 Å². The summed E-state index contributed by atoms with van der Waals surface area (Å²) in [6.07, 6.45) is 1.27. The first-order chi connectivity index (χ1) is 11.5. The van der Waals surface area contributed by atoms with Crippen LogP contribution in [0.3, 0.4) is 0 Å². The molecule has 130 valence electrons. The van der Waals surface area contributed by atoms with Crippen LogP contribution in [0.25, 0.3) is 0 Å². The molecule has 0 fully saturated rings. The quantitative estimate of drug-likeness (QED) is 0.477. The van der Waals surface area contributed by atoms with Crippen molar-refractivity contribution >= 4 is 21.6 Å². The van der Waals surface area contributed by atoms with Gasteiger partial charge >= 0.3 is 0 Å². The number of hydrogen-bond donors (Lipinski definition) is 0. The van der Waals surface area contributed by atoms with Gasteiger partial charge in [0.15, 0.2) is 0 Å². The molecule has 2 rings (SSSR count). The minimum absolute atomic E-state index is 0.437. The number of hydrogen-bond acceptors (Lipinski definition) is 2. The highest BCUT2D eigenvalue weighted by molar-refractivity contribution is 8.77. The molecular formula is C20H24F2S2. The zero-order valence-electron chi connectivity index (χ0n) is 14.2. The van der Waals surface area contributed by atoms with Crippen molar-refractivity contribution in [2.75, 3.05) is 13.3 Å². The lowest BCUT2D eigenvalue weighted by molar-refractivity contribution is 0.409. The second-order valence-electron chi connectivity index (χ2n) is 6.66. The summed E-state index contributed by atoms with van der Waals surface area (Å²) in [5.41, 5.74) is 2.21. The molecule has 0 heterocycles. The summed E-state index contributed by atoms with van der Waals surface area (Å²) >= 11 is 0. The van der Waals surface area contributed by atoms with E-state index in [1.165, 1.54) is 21.6 Å². The molecule has 0 saturated heterocycles. The molecule has 0 radical (unpaired) electrons. The minimum Gasteiger partial charge on any atom is -0.250 e. The van der Waals surface area contributed by atoms with E-state index in [1.807, 2.05) is 74.5 Å². The Morgan fingerprint density at radius 3 is 1.29 bits per heavy atom. The fraction of sp³-hybridized carbons (Fsp3) is 0.400. The summed E-state index contributed by atoms with van der Waals surface area (Å²) in [7, 11) is 2.94. The molecule has 2 aromatic rings. The van der Waals surface area contributed by atoms with E-state index in [1.54, 1.807) is 0 Å². The van der Waals surface area contributed by atoms with Gasteiger partial charge in [0.1, 0.15) is 13.3 Å².